The quantitative estimate of drug-likeness (QED) is 0.180. The number of hydrogen-bond donors (Lipinski definition) is 2. The number of methoxy groups -OCH3 is 1. The SMILES string of the molecule is CCOC1CCN(C2CCN(c3cc(OC)c(Nc4ncc(Br)c(Nc5ccc6nccnc6c5P(C)(C)=O)n4)cc3C)CC2)C1. The van der Waals surface area contributed by atoms with Gasteiger partial charge in [-0.25, -0.2) is 4.98 Å². The van der Waals surface area contributed by atoms with Gasteiger partial charge in [0.05, 0.1) is 39.9 Å². The molecule has 2 aromatic carbocycles. The highest BCUT2D eigenvalue weighted by Gasteiger charge is 2.31. The van der Waals surface area contributed by atoms with Gasteiger partial charge >= 0.3 is 0 Å². The summed E-state index contributed by atoms with van der Waals surface area (Å²) in [6.45, 7) is 12.7. The second kappa shape index (κ2) is 13.8. The second-order valence-electron chi connectivity index (χ2n) is 12.3. The van der Waals surface area contributed by atoms with Crippen LogP contribution in [0.4, 0.5) is 28.8 Å². The molecule has 0 spiro atoms. The minimum absolute atomic E-state index is 0.383. The van der Waals surface area contributed by atoms with Gasteiger partial charge in [0.2, 0.25) is 5.95 Å². The van der Waals surface area contributed by atoms with Crippen LogP contribution < -0.4 is 25.6 Å². The first kappa shape index (κ1) is 32.6. The summed E-state index contributed by atoms with van der Waals surface area (Å²) in [7, 11) is -1.05. The summed E-state index contributed by atoms with van der Waals surface area (Å²) < 4.78 is 25.8. The molecule has 4 aromatic rings. The summed E-state index contributed by atoms with van der Waals surface area (Å²) in [6.07, 6.45) is 8.73. The van der Waals surface area contributed by atoms with Crippen molar-refractivity contribution in [3.05, 3.63) is 52.9 Å². The Hall–Kier alpha value is -3.31. The number of halogens is 1. The first-order valence-corrected chi connectivity index (χ1v) is 19.2. The molecule has 0 saturated carbocycles. The van der Waals surface area contributed by atoms with E-state index in [-0.39, 0.29) is 0 Å². The molecule has 2 aromatic heterocycles. The lowest BCUT2D eigenvalue weighted by Crippen LogP contribution is -2.44. The third-order valence-electron chi connectivity index (χ3n) is 8.81. The summed E-state index contributed by atoms with van der Waals surface area (Å²) >= 11 is 3.58. The molecule has 0 bridgehead atoms. The van der Waals surface area contributed by atoms with Crippen LogP contribution in [-0.2, 0) is 9.30 Å². The molecule has 2 aliphatic rings. The lowest BCUT2D eigenvalue weighted by Gasteiger charge is -2.38. The standard InChI is InChI=1S/C33H42BrN8O3P/c1-6-45-23-11-16-42(20-23)22-9-14-41(15-10-22)28-18-29(44-3)27(17-21(28)2)39-33-37-19-24(34)32(40-33)38-26-8-7-25-30(36-13-12-35-25)31(26)46(4,5)43/h7-8,12-13,17-19,22-23H,6,9-11,14-16,20H2,1-5H3,(H2,37,38,39,40). The molecule has 1 unspecified atom stereocenters. The van der Waals surface area contributed by atoms with Crippen molar-refractivity contribution in [2.75, 3.05) is 68.8 Å². The van der Waals surface area contributed by atoms with Crippen molar-refractivity contribution in [3.8, 4) is 5.75 Å². The maximum Gasteiger partial charge on any atom is 0.229 e. The average Bonchev–Trinajstić information content (AvgIpc) is 3.51. The summed E-state index contributed by atoms with van der Waals surface area (Å²) in [5.41, 5.74) is 5.07. The molecule has 6 rings (SSSR count). The van der Waals surface area contributed by atoms with Crippen molar-refractivity contribution in [1.82, 2.24) is 24.8 Å². The van der Waals surface area contributed by atoms with Crippen LogP contribution in [0.25, 0.3) is 11.0 Å². The van der Waals surface area contributed by atoms with E-state index in [1.165, 1.54) is 5.69 Å². The average molecular weight is 710 g/mol. The van der Waals surface area contributed by atoms with Crippen molar-refractivity contribution in [3.63, 3.8) is 0 Å². The Morgan fingerprint density at radius 3 is 2.54 bits per heavy atom. The van der Waals surface area contributed by atoms with Gasteiger partial charge in [-0.05, 0) is 86.1 Å². The highest BCUT2D eigenvalue weighted by Crippen LogP contribution is 2.42. The Balaban J connectivity index is 1.19. The van der Waals surface area contributed by atoms with E-state index in [9.17, 15) is 4.57 Å². The molecular formula is C33H42BrN8O3P. The first-order valence-electron chi connectivity index (χ1n) is 15.8. The van der Waals surface area contributed by atoms with Crippen LogP contribution in [0.2, 0.25) is 0 Å². The molecule has 0 radical (unpaired) electrons. The zero-order chi connectivity index (χ0) is 32.4. The van der Waals surface area contributed by atoms with Crippen molar-refractivity contribution in [2.24, 2.45) is 0 Å². The van der Waals surface area contributed by atoms with Crippen molar-refractivity contribution in [1.29, 1.82) is 0 Å². The van der Waals surface area contributed by atoms with Crippen LogP contribution in [0, 0.1) is 6.92 Å². The van der Waals surface area contributed by atoms with Crippen LogP contribution in [0.15, 0.2) is 47.3 Å². The summed E-state index contributed by atoms with van der Waals surface area (Å²) in [5.74, 6) is 1.64. The number of nitrogens with one attached hydrogen (secondary N) is 2. The number of piperidine rings is 1. The van der Waals surface area contributed by atoms with Gasteiger partial charge in [-0.3, -0.25) is 14.9 Å². The second-order valence-corrected chi connectivity index (χ2v) is 16.3. The number of rotatable bonds is 10. The monoisotopic (exact) mass is 708 g/mol. The number of aryl methyl sites for hydroxylation is 1. The number of nitrogens with zero attached hydrogens (tertiary/aromatic N) is 6. The first-order chi connectivity index (χ1) is 22.1. The van der Waals surface area contributed by atoms with Crippen LogP contribution >= 0.6 is 23.1 Å². The molecule has 244 valence electrons. The predicted octanol–water partition coefficient (Wildman–Crippen LogP) is 6.31. The van der Waals surface area contributed by atoms with Crippen molar-refractivity contribution in [2.45, 2.75) is 45.3 Å². The topological polar surface area (TPSA) is 118 Å². The van der Waals surface area contributed by atoms with Gasteiger partial charge < -0.3 is 29.6 Å². The molecule has 46 heavy (non-hydrogen) atoms. The number of hydrogen-bond acceptors (Lipinski definition) is 11. The number of ether oxygens (including phenoxy) is 2. The fourth-order valence-corrected chi connectivity index (χ4v) is 8.33. The normalized spacial score (nSPS) is 17.9. The molecule has 1 atom stereocenters. The maximum absolute atomic E-state index is 13.4. The molecule has 11 nitrogen and oxygen atoms in total. The van der Waals surface area contributed by atoms with Gasteiger partial charge in [-0.1, -0.05) is 0 Å². The molecule has 2 saturated heterocycles. The van der Waals surface area contributed by atoms with Crippen LogP contribution in [-0.4, -0.2) is 90.2 Å². The molecule has 2 aliphatic heterocycles. The molecule has 4 heterocycles. The Morgan fingerprint density at radius 1 is 1.02 bits per heavy atom. The molecule has 2 N–H and O–H groups in total. The summed E-state index contributed by atoms with van der Waals surface area (Å²) in [5, 5.41) is 7.35. The number of likely N-dealkylation sites (tertiary alicyclic amines) is 1. The zero-order valence-electron chi connectivity index (χ0n) is 27.1. The van der Waals surface area contributed by atoms with Gasteiger partial charge in [0.15, 0.2) is 0 Å². The van der Waals surface area contributed by atoms with Gasteiger partial charge in [0.25, 0.3) is 0 Å². The van der Waals surface area contributed by atoms with Crippen LogP contribution in [0.5, 0.6) is 5.75 Å². The van der Waals surface area contributed by atoms with Crippen molar-refractivity contribution >= 4 is 68.2 Å². The summed E-state index contributed by atoms with van der Waals surface area (Å²) in [4.78, 5) is 23.2. The van der Waals surface area contributed by atoms with Gasteiger partial charge in [-0.2, -0.15) is 4.98 Å². The van der Waals surface area contributed by atoms with Gasteiger partial charge in [0, 0.05) is 69.2 Å². The highest BCUT2D eigenvalue weighted by molar-refractivity contribution is 9.10. The Kier molecular flexibility index (Phi) is 9.80. The largest absolute Gasteiger partial charge is 0.494 e. The van der Waals surface area contributed by atoms with E-state index < -0.39 is 7.14 Å². The van der Waals surface area contributed by atoms with E-state index in [1.54, 1.807) is 39.0 Å². The fraction of sp³-hybridized carbons (Fsp3) is 0.455. The van der Waals surface area contributed by atoms with Gasteiger partial charge in [0.1, 0.15) is 24.2 Å². The number of aromatic nitrogens is 4. The molecule has 13 heteroatoms. The van der Waals surface area contributed by atoms with E-state index in [2.05, 4.69) is 77.3 Å². The van der Waals surface area contributed by atoms with E-state index >= 15 is 0 Å². The Morgan fingerprint density at radius 2 is 1.80 bits per heavy atom. The van der Waals surface area contributed by atoms with E-state index in [1.807, 2.05) is 12.1 Å². The zero-order valence-corrected chi connectivity index (χ0v) is 29.6. The number of anilines is 5. The molecule has 0 amide bonds. The smallest absolute Gasteiger partial charge is 0.229 e. The Labute approximate surface area is 279 Å². The van der Waals surface area contributed by atoms with E-state index in [0.29, 0.717) is 50.4 Å². The predicted molar refractivity (Wildman–Crippen MR) is 189 cm³/mol. The molecule has 0 aliphatic carbocycles. The minimum Gasteiger partial charge on any atom is -0.494 e. The fourth-order valence-electron chi connectivity index (χ4n) is 6.64. The lowest BCUT2D eigenvalue weighted by atomic mass is 10.0. The van der Waals surface area contributed by atoms with Crippen molar-refractivity contribution < 1.29 is 14.0 Å². The lowest BCUT2D eigenvalue weighted by molar-refractivity contribution is 0.0626. The molecular weight excluding hydrogens is 667 g/mol. The third kappa shape index (κ3) is 7.00. The van der Waals surface area contributed by atoms with E-state index in [0.717, 1.165) is 69.0 Å². The van der Waals surface area contributed by atoms with Crippen LogP contribution in [0.1, 0.15) is 31.7 Å². The van der Waals surface area contributed by atoms with Gasteiger partial charge in [-0.15, -0.1) is 0 Å². The van der Waals surface area contributed by atoms with E-state index in [4.69, 9.17) is 14.5 Å². The molecule has 2 fully saturated rings. The maximum atomic E-state index is 13.4. The number of benzene rings is 2. The third-order valence-corrected chi connectivity index (χ3v) is 10.9. The highest BCUT2D eigenvalue weighted by atomic mass is 79.9. The minimum atomic E-state index is -2.73. The number of fused-ring (bicyclic) bond motifs is 1. The summed E-state index contributed by atoms with van der Waals surface area (Å²) in [6, 6.07) is 8.54. The van der Waals surface area contributed by atoms with Crippen LogP contribution in [0.3, 0.4) is 0 Å². The Bertz CT molecular complexity index is 1760.